The minimum atomic E-state index is -0.00349. The van der Waals surface area contributed by atoms with Crippen molar-refractivity contribution in [3.05, 3.63) is 21.9 Å². The van der Waals surface area contributed by atoms with Gasteiger partial charge in [-0.1, -0.05) is 6.92 Å². The molecule has 0 aliphatic carbocycles. The van der Waals surface area contributed by atoms with E-state index in [1.807, 2.05) is 35.1 Å². The van der Waals surface area contributed by atoms with Crippen LogP contribution in [-0.2, 0) is 4.74 Å². The van der Waals surface area contributed by atoms with Crippen molar-refractivity contribution in [2.24, 2.45) is 5.92 Å². The summed E-state index contributed by atoms with van der Waals surface area (Å²) in [5.41, 5.74) is 1.04. The van der Waals surface area contributed by atoms with E-state index in [0.29, 0.717) is 39.4 Å². The second-order valence-electron chi connectivity index (χ2n) is 6.80. The summed E-state index contributed by atoms with van der Waals surface area (Å²) in [7, 11) is 0. The molecule has 138 valence electrons. The van der Waals surface area contributed by atoms with Crippen LogP contribution >= 0.6 is 11.3 Å². The van der Waals surface area contributed by atoms with Crippen LogP contribution in [0.3, 0.4) is 0 Å². The Morgan fingerprint density at radius 2 is 2.24 bits per heavy atom. The molecule has 0 unspecified atom stereocenters. The Bertz CT molecular complexity index is 618. The van der Waals surface area contributed by atoms with Gasteiger partial charge in [-0.2, -0.15) is 0 Å². The molecule has 2 saturated heterocycles. The largest absolute Gasteiger partial charge is 0.379 e. The normalized spacial score (nSPS) is 23.8. The number of rotatable bonds is 3. The van der Waals surface area contributed by atoms with Gasteiger partial charge in [-0.3, -0.25) is 4.79 Å². The third kappa shape index (κ3) is 3.98. The molecule has 1 aromatic heterocycles. The zero-order chi connectivity index (χ0) is 17.8. The number of thiophene rings is 1. The van der Waals surface area contributed by atoms with E-state index in [1.165, 1.54) is 11.3 Å². The van der Waals surface area contributed by atoms with Gasteiger partial charge in [0.1, 0.15) is 0 Å². The molecule has 3 amide bonds. The van der Waals surface area contributed by atoms with Crippen molar-refractivity contribution in [2.45, 2.75) is 32.7 Å². The van der Waals surface area contributed by atoms with Crippen molar-refractivity contribution < 1.29 is 14.3 Å². The molecule has 1 N–H and O–H groups in total. The Balaban J connectivity index is 1.69. The van der Waals surface area contributed by atoms with Crippen molar-refractivity contribution in [2.75, 3.05) is 39.4 Å². The lowest BCUT2D eigenvalue weighted by atomic mass is 9.91. The minimum absolute atomic E-state index is 0.00349. The molecule has 2 atom stereocenters. The molecular weight excluding hydrogens is 338 g/mol. The molecule has 25 heavy (non-hydrogen) atoms. The third-order valence-corrected chi connectivity index (χ3v) is 6.04. The molecule has 3 rings (SSSR count). The van der Waals surface area contributed by atoms with Gasteiger partial charge in [0.25, 0.3) is 5.91 Å². The maximum atomic E-state index is 12.8. The van der Waals surface area contributed by atoms with E-state index in [-0.39, 0.29) is 23.9 Å². The van der Waals surface area contributed by atoms with Gasteiger partial charge in [0.15, 0.2) is 0 Å². The van der Waals surface area contributed by atoms with Gasteiger partial charge >= 0.3 is 6.03 Å². The van der Waals surface area contributed by atoms with E-state index in [1.54, 1.807) is 0 Å². The smallest absolute Gasteiger partial charge is 0.317 e. The van der Waals surface area contributed by atoms with Gasteiger partial charge in [0, 0.05) is 38.1 Å². The zero-order valence-electron chi connectivity index (χ0n) is 15.0. The first-order chi connectivity index (χ1) is 12.1. The molecule has 0 radical (unpaired) electrons. The van der Waals surface area contributed by atoms with E-state index in [4.69, 9.17) is 4.74 Å². The van der Waals surface area contributed by atoms with Crippen LogP contribution in [0.4, 0.5) is 4.79 Å². The van der Waals surface area contributed by atoms with Crippen LogP contribution in [0, 0.1) is 12.8 Å². The van der Waals surface area contributed by atoms with Crippen LogP contribution < -0.4 is 5.32 Å². The van der Waals surface area contributed by atoms with Gasteiger partial charge in [-0.15, -0.1) is 11.3 Å². The van der Waals surface area contributed by atoms with Crippen molar-refractivity contribution in [3.63, 3.8) is 0 Å². The monoisotopic (exact) mass is 365 g/mol. The molecule has 1 aromatic rings. The summed E-state index contributed by atoms with van der Waals surface area (Å²) < 4.78 is 5.73. The van der Waals surface area contributed by atoms with Gasteiger partial charge in [-0.05, 0) is 36.8 Å². The Labute approximate surface area is 153 Å². The fourth-order valence-corrected chi connectivity index (χ4v) is 4.56. The molecule has 0 aromatic carbocycles. The lowest BCUT2D eigenvalue weighted by Crippen LogP contribution is -2.56. The Hall–Kier alpha value is -1.60. The average Bonchev–Trinajstić information content (AvgIpc) is 2.93. The highest BCUT2D eigenvalue weighted by Gasteiger charge is 2.39. The van der Waals surface area contributed by atoms with E-state index in [2.05, 4.69) is 5.32 Å². The summed E-state index contributed by atoms with van der Waals surface area (Å²) in [5, 5.41) is 4.94. The first-order valence-corrected chi connectivity index (χ1v) is 9.95. The second-order valence-corrected chi connectivity index (χ2v) is 7.72. The predicted octanol–water partition coefficient (Wildman–Crippen LogP) is 2.34. The number of nitrogens with one attached hydrogen (secondary N) is 1. The SMILES string of the molecule is CCCNC(=O)N1CCOC[C@H]2CN(C(=O)c3sccc3C)CC[C@H]21. The molecule has 0 saturated carbocycles. The second kappa shape index (κ2) is 8.19. The Kier molecular flexibility index (Phi) is 5.96. The molecule has 2 aliphatic rings. The Morgan fingerprint density at radius 3 is 2.96 bits per heavy atom. The number of carbonyl (C=O) groups is 2. The van der Waals surface area contributed by atoms with Crippen LogP contribution in [-0.4, -0.2) is 67.2 Å². The van der Waals surface area contributed by atoms with Crippen molar-refractivity contribution in [3.8, 4) is 0 Å². The molecule has 7 heteroatoms. The van der Waals surface area contributed by atoms with Gasteiger partial charge in [0.2, 0.25) is 0 Å². The van der Waals surface area contributed by atoms with Gasteiger partial charge < -0.3 is 19.9 Å². The van der Waals surface area contributed by atoms with Crippen LogP contribution in [0.25, 0.3) is 0 Å². The summed E-state index contributed by atoms with van der Waals surface area (Å²) in [4.78, 5) is 30.0. The quantitative estimate of drug-likeness (QED) is 0.894. The van der Waals surface area contributed by atoms with E-state index >= 15 is 0 Å². The fourth-order valence-electron chi connectivity index (χ4n) is 3.66. The van der Waals surface area contributed by atoms with Crippen molar-refractivity contribution in [1.82, 2.24) is 15.1 Å². The number of hydrogen-bond acceptors (Lipinski definition) is 4. The molecule has 0 bridgehead atoms. The van der Waals surface area contributed by atoms with E-state index in [0.717, 1.165) is 23.3 Å². The predicted molar refractivity (Wildman–Crippen MR) is 98.1 cm³/mol. The number of likely N-dealkylation sites (tertiary alicyclic amines) is 1. The van der Waals surface area contributed by atoms with Crippen LogP contribution in [0.2, 0.25) is 0 Å². The first-order valence-electron chi connectivity index (χ1n) is 9.07. The average molecular weight is 365 g/mol. The number of aryl methyl sites for hydroxylation is 1. The highest BCUT2D eigenvalue weighted by atomic mass is 32.1. The number of ether oxygens (including phenoxy) is 1. The maximum absolute atomic E-state index is 12.8. The summed E-state index contributed by atoms with van der Waals surface area (Å²) >= 11 is 1.50. The maximum Gasteiger partial charge on any atom is 0.317 e. The number of amides is 3. The zero-order valence-corrected chi connectivity index (χ0v) is 15.8. The first kappa shape index (κ1) is 18.2. The lowest BCUT2D eigenvalue weighted by Gasteiger charge is -2.41. The number of carbonyl (C=O) groups excluding carboxylic acids is 2. The number of urea groups is 1. The minimum Gasteiger partial charge on any atom is -0.379 e. The van der Waals surface area contributed by atoms with Crippen LogP contribution in [0.1, 0.15) is 35.0 Å². The topological polar surface area (TPSA) is 61.9 Å². The molecule has 6 nitrogen and oxygen atoms in total. The number of piperidine rings is 1. The highest BCUT2D eigenvalue weighted by Crippen LogP contribution is 2.27. The number of fused-ring (bicyclic) bond motifs is 1. The third-order valence-electron chi connectivity index (χ3n) is 5.03. The highest BCUT2D eigenvalue weighted by molar-refractivity contribution is 7.12. The molecule has 2 fully saturated rings. The molecule has 0 spiro atoms. The molecular formula is C18H27N3O3S. The van der Waals surface area contributed by atoms with Crippen molar-refractivity contribution in [1.29, 1.82) is 0 Å². The van der Waals surface area contributed by atoms with E-state index in [9.17, 15) is 9.59 Å². The summed E-state index contributed by atoms with van der Waals surface area (Å²) in [6, 6.07) is 2.13. The molecule has 3 heterocycles. The summed E-state index contributed by atoms with van der Waals surface area (Å²) in [5.74, 6) is 0.282. The number of hydrogen-bond donors (Lipinski definition) is 1. The Morgan fingerprint density at radius 1 is 1.40 bits per heavy atom. The van der Waals surface area contributed by atoms with Gasteiger partial charge in [0.05, 0.1) is 18.1 Å². The van der Waals surface area contributed by atoms with Crippen LogP contribution in [0.15, 0.2) is 11.4 Å². The van der Waals surface area contributed by atoms with Crippen molar-refractivity contribution >= 4 is 23.3 Å². The van der Waals surface area contributed by atoms with Crippen LogP contribution in [0.5, 0.6) is 0 Å². The van der Waals surface area contributed by atoms with E-state index < -0.39 is 0 Å². The summed E-state index contributed by atoms with van der Waals surface area (Å²) in [6.07, 6.45) is 1.73. The standard InChI is InChI=1S/C18H27N3O3S/c1-3-6-19-18(23)21-8-9-24-12-14-11-20(7-4-15(14)21)17(22)16-13(2)5-10-25-16/h5,10,14-15H,3-4,6-9,11-12H2,1-2H3,(H,19,23)/t14-,15-/m1/s1. The number of nitrogens with zero attached hydrogens (tertiary/aromatic N) is 2. The fraction of sp³-hybridized carbons (Fsp3) is 0.667. The molecule has 2 aliphatic heterocycles. The summed E-state index contributed by atoms with van der Waals surface area (Å²) in [6.45, 7) is 7.84. The lowest BCUT2D eigenvalue weighted by molar-refractivity contribution is 0.0434. The van der Waals surface area contributed by atoms with Gasteiger partial charge in [-0.25, -0.2) is 4.79 Å².